The number of halogens is 1. The Labute approximate surface area is 107 Å². The van der Waals surface area contributed by atoms with Crippen molar-refractivity contribution in [2.45, 2.75) is 18.2 Å². The highest BCUT2D eigenvalue weighted by Crippen LogP contribution is 2.28. The summed E-state index contributed by atoms with van der Waals surface area (Å²) in [6, 6.07) is 5.19. The Morgan fingerprint density at radius 3 is 2.82 bits per heavy atom. The molecule has 5 heteroatoms. The molecule has 17 heavy (non-hydrogen) atoms. The van der Waals surface area contributed by atoms with E-state index in [4.69, 9.17) is 0 Å². The molecule has 0 radical (unpaired) electrons. The van der Waals surface area contributed by atoms with Gasteiger partial charge in [-0.1, -0.05) is 28.9 Å². The molecular weight excluding hydrogens is 284 g/mol. The molecule has 0 aliphatic heterocycles. The van der Waals surface area contributed by atoms with Crippen molar-refractivity contribution >= 4 is 32.4 Å². The molecule has 0 saturated heterocycles. The van der Waals surface area contributed by atoms with Crippen molar-refractivity contribution in [3.63, 3.8) is 0 Å². The molecule has 1 aromatic carbocycles. The van der Waals surface area contributed by atoms with Crippen LogP contribution >= 0.6 is 15.9 Å². The van der Waals surface area contributed by atoms with Gasteiger partial charge in [0.25, 0.3) is 5.69 Å². The van der Waals surface area contributed by atoms with Gasteiger partial charge in [0.2, 0.25) is 0 Å². The van der Waals surface area contributed by atoms with Crippen LogP contribution in [0.3, 0.4) is 0 Å². The van der Waals surface area contributed by atoms with Crippen LogP contribution in [-0.4, -0.2) is 14.7 Å². The molecule has 0 fully saturated rings. The fraction of sp³-hybridized carbons (Fsp3) is 0.250. The molecule has 1 atom stereocenters. The lowest BCUT2D eigenvalue weighted by molar-refractivity contribution is -0.383. The minimum Gasteiger partial charge on any atom is -0.264 e. The molecule has 1 aromatic heterocycles. The van der Waals surface area contributed by atoms with E-state index >= 15 is 0 Å². The molecule has 1 heterocycles. The molecule has 4 nitrogen and oxygen atoms in total. The molecular formula is C12H11BrN2O2. The lowest BCUT2D eigenvalue weighted by Crippen LogP contribution is -1.99. The van der Waals surface area contributed by atoms with Gasteiger partial charge in [-0.25, -0.2) is 0 Å². The van der Waals surface area contributed by atoms with Crippen LogP contribution in [0.1, 0.15) is 12.5 Å². The predicted molar refractivity (Wildman–Crippen MR) is 70.5 cm³/mol. The third-order valence-electron chi connectivity index (χ3n) is 2.58. The van der Waals surface area contributed by atoms with Crippen molar-refractivity contribution in [1.82, 2.24) is 4.98 Å². The van der Waals surface area contributed by atoms with Crippen molar-refractivity contribution in [2.24, 2.45) is 0 Å². The zero-order valence-electron chi connectivity index (χ0n) is 9.26. The van der Waals surface area contributed by atoms with Gasteiger partial charge >= 0.3 is 0 Å². The number of fused-ring (bicyclic) bond motifs is 1. The average molecular weight is 295 g/mol. The molecule has 0 aliphatic rings. The monoisotopic (exact) mass is 294 g/mol. The van der Waals surface area contributed by atoms with Crippen LogP contribution in [0, 0.1) is 10.1 Å². The van der Waals surface area contributed by atoms with Crippen molar-refractivity contribution in [2.75, 3.05) is 0 Å². The standard InChI is InChI=1S/C12H11BrN2O2/c1-8(13)6-9-2-3-12(15(16)17)11-7-14-5-4-10(9)11/h2-5,7-8H,6H2,1H3. The van der Waals surface area contributed by atoms with E-state index in [-0.39, 0.29) is 10.6 Å². The van der Waals surface area contributed by atoms with Crippen LogP contribution in [-0.2, 0) is 6.42 Å². The van der Waals surface area contributed by atoms with Gasteiger partial charge < -0.3 is 0 Å². The first-order chi connectivity index (χ1) is 8.09. The van der Waals surface area contributed by atoms with Gasteiger partial charge in [0.05, 0.1) is 10.3 Å². The quantitative estimate of drug-likeness (QED) is 0.495. The van der Waals surface area contributed by atoms with Gasteiger partial charge in [-0.2, -0.15) is 0 Å². The van der Waals surface area contributed by atoms with Gasteiger partial charge in [-0.15, -0.1) is 0 Å². The average Bonchev–Trinajstić information content (AvgIpc) is 2.28. The summed E-state index contributed by atoms with van der Waals surface area (Å²) in [4.78, 5) is 14.8. The van der Waals surface area contributed by atoms with Gasteiger partial charge in [-0.3, -0.25) is 15.1 Å². The van der Waals surface area contributed by atoms with Gasteiger partial charge in [0.15, 0.2) is 0 Å². The lowest BCUT2D eigenvalue weighted by atomic mass is 10.0. The fourth-order valence-corrected chi connectivity index (χ4v) is 2.23. The number of hydrogen-bond donors (Lipinski definition) is 0. The van der Waals surface area contributed by atoms with Crippen LogP contribution in [0.2, 0.25) is 0 Å². The summed E-state index contributed by atoms with van der Waals surface area (Å²) in [7, 11) is 0. The van der Waals surface area contributed by atoms with Crippen LogP contribution < -0.4 is 0 Å². The fourth-order valence-electron chi connectivity index (χ4n) is 1.88. The summed E-state index contributed by atoms with van der Waals surface area (Å²) in [6.45, 7) is 2.05. The Bertz CT molecular complexity index is 569. The van der Waals surface area contributed by atoms with E-state index in [1.165, 1.54) is 0 Å². The SMILES string of the molecule is CC(Br)Cc1ccc([N+](=O)[O-])c2cnccc12. The summed E-state index contributed by atoms with van der Waals surface area (Å²) in [5, 5.41) is 12.4. The first-order valence-corrected chi connectivity index (χ1v) is 6.15. The van der Waals surface area contributed by atoms with Crippen LogP contribution in [0.25, 0.3) is 10.8 Å². The third kappa shape index (κ3) is 2.44. The van der Waals surface area contributed by atoms with E-state index < -0.39 is 0 Å². The summed E-state index contributed by atoms with van der Waals surface area (Å²) in [6.07, 6.45) is 4.04. The number of non-ortho nitro benzene ring substituents is 1. The maximum absolute atomic E-state index is 10.9. The Kier molecular flexibility index (Phi) is 3.38. The second-order valence-electron chi connectivity index (χ2n) is 3.91. The number of nitrogens with zero attached hydrogens (tertiary/aromatic N) is 2. The van der Waals surface area contributed by atoms with E-state index in [1.807, 2.05) is 12.1 Å². The van der Waals surface area contributed by atoms with Crippen molar-refractivity contribution in [1.29, 1.82) is 0 Å². The van der Waals surface area contributed by atoms with Crippen LogP contribution in [0.15, 0.2) is 30.6 Å². The second kappa shape index (κ2) is 4.79. The van der Waals surface area contributed by atoms with Gasteiger partial charge in [0, 0.05) is 23.3 Å². The number of nitro benzene ring substituents is 1. The summed E-state index contributed by atoms with van der Waals surface area (Å²) in [5.41, 5.74) is 1.21. The minimum absolute atomic E-state index is 0.110. The molecule has 0 bridgehead atoms. The maximum atomic E-state index is 10.9. The third-order valence-corrected chi connectivity index (χ3v) is 2.91. The van der Waals surface area contributed by atoms with Crippen molar-refractivity contribution in [3.8, 4) is 0 Å². The Morgan fingerprint density at radius 1 is 1.41 bits per heavy atom. The highest BCUT2D eigenvalue weighted by Gasteiger charge is 2.14. The van der Waals surface area contributed by atoms with Crippen LogP contribution in [0.5, 0.6) is 0 Å². The number of rotatable bonds is 3. The molecule has 88 valence electrons. The number of hydrogen-bond acceptors (Lipinski definition) is 3. The normalized spacial score (nSPS) is 12.6. The van der Waals surface area contributed by atoms with Gasteiger partial charge in [0.1, 0.15) is 0 Å². The largest absolute Gasteiger partial charge is 0.278 e. The molecule has 0 spiro atoms. The van der Waals surface area contributed by atoms with E-state index in [0.717, 1.165) is 17.4 Å². The van der Waals surface area contributed by atoms with E-state index in [0.29, 0.717) is 10.2 Å². The maximum Gasteiger partial charge on any atom is 0.278 e. The molecule has 0 amide bonds. The number of benzene rings is 1. The van der Waals surface area contributed by atoms with E-state index in [1.54, 1.807) is 18.5 Å². The predicted octanol–water partition coefficient (Wildman–Crippen LogP) is 3.47. The molecule has 2 rings (SSSR count). The number of aromatic nitrogens is 1. The molecule has 0 saturated carbocycles. The first kappa shape index (κ1) is 12.0. The molecule has 0 aliphatic carbocycles. The summed E-state index contributed by atoms with van der Waals surface area (Å²) >= 11 is 3.49. The molecule has 0 N–H and O–H groups in total. The van der Waals surface area contributed by atoms with Crippen LogP contribution in [0.4, 0.5) is 5.69 Å². The highest BCUT2D eigenvalue weighted by molar-refractivity contribution is 9.09. The lowest BCUT2D eigenvalue weighted by Gasteiger charge is -2.08. The van der Waals surface area contributed by atoms with Crippen molar-refractivity contribution < 1.29 is 4.92 Å². The Hall–Kier alpha value is -1.49. The zero-order chi connectivity index (χ0) is 12.4. The number of alkyl halides is 1. The number of pyridine rings is 1. The smallest absolute Gasteiger partial charge is 0.264 e. The first-order valence-electron chi connectivity index (χ1n) is 5.23. The van der Waals surface area contributed by atoms with Gasteiger partial charge in [-0.05, 0) is 23.4 Å². The molecule has 1 unspecified atom stereocenters. The Balaban J connectivity index is 2.66. The Morgan fingerprint density at radius 2 is 2.18 bits per heavy atom. The number of nitro groups is 1. The summed E-state index contributed by atoms with van der Waals surface area (Å²) < 4.78 is 0. The molecule has 2 aromatic rings. The second-order valence-corrected chi connectivity index (χ2v) is 5.47. The van der Waals surface area contributed by atoms with Crippen molar-refractivity contribution in [3.05, 3.63) is 46.3 Å². The summed E-state index contributed by atoms with van der Waals surface area (Å²) in [5.74, 6) is 0. The van der Waals surface area contributed by atoms with E-state index in [9.17, 15) is 10.1 Å². The zero-order valence-corrected chi connectivity index (χ0v) is 10.8. The topological polar surface area (TPSA) is 56.0 Å². The highest BCUT2D eigenvalue weighted by atomic mass is 79.9. The minimum atomic E-state index is -0.370. The van der Waals surface area contributed by atoms with E-state index in [2.05, 4.69) is 27.8 Å².